The van der Waals surface area contributed by atoms with Crippen molar-refractivity contribution in [1.82, 2.24) is 0 Å². The minimum atomic E-state index is -0.684. The first-order valence-electron chi connectivity index (χ1n) is 9.45. The molecule has 3 rings (SSSR count). The lowest BCUT2D eigenvalue weighted by Gasteiger charge is -2.14. The molecule has 9 heteroatoms. The molecule has 0 aliphatic rings. The van der Waals surface area contributed by atoms with Gasteiger partial charge in [0, 0.05) is 5.56 Å². The molecular weight excluding hydrogens is 490 g/mol. The zero-order chi connectivity index (χ0) is 24.0. The van der Waals surface area contributed by atoms with Crippen LogP contribution in [-0.4, -0.2) is 13.0 Å². The number of nitriles is 1. The fraction of sp³-hybridized carbons (Fsp3) is 0.0833. The number of hydrogen-bond acceptors (Lipinski definition) is 4. The number of ether oxygens (including phenoxy) is 2. The van der Waals surface area contributed by atoms with Gasteiger partial charge in [0.25, 0.3) is 5.91 Å². The van der Waals surface area contributed by atoms with Crippen molar-refractivity contribution in [1.29, 1.82) is 5.26 Å². The number of amides is 1. The fourth-order valence-electron chi connectivity index (χ4n) is 2.83. The molecule has 0 aliphatic heterocycles. The largest absolute Gasteiger partial charge is 0.493 e. The maximum atomic E-state index is 13.9. The summed E-state index contributed by atoms with van der Waals surface area (Å²) in [6.45, 7) is -0.0653. The van der Waals surface area contributed by atoms with E-state index in [1.807, 2.05) is 6.07 Å². The van der Waals surface area contributed by atoms with Crippen LogP contribution in [0.2, 0.25) is 15.1 Å². The molecule has 0 bridgehead atoms. The van der Waals surface area contributed by atoms with E-state index in [2.05, 4.69) is 5.32 Å². The number of carbonyl (C=O) groups excluding carboxylic acids is 1. The minimum Gasteiger partial charge on any atom is -0.493 e. The molecule has 0 fully saturated rings. The molecule has 0 spiro atoms. The minimum absolute atomic E-state index is 0.0653. The zero-order valence-electron chi connectivity index (χ0n) is 17.2. The summed E-state index contributed by atoms with van der Waals surface area (Å²) in [5.41, 5.74) is 0.827. The van der Waals surface area contributed by atoms with E-state index in [9.17, 15) is 14.4 Å². The average Bonchev–Trinajstić information content (AvgIpc) is 2.80. The van der Waals surface area contributed by atoms with Gasteiger partial charge in [0.05, 0.1) is 27.9 Å². The van der Waals surface area contributed by atoms with Crippen LogP contribution in [0.3, 0.4) is 0 Å². The van der Waals surface area contributed by atoms with Gasteiger partial charge in [-0.05, 0) is 42.0 Å². The van der Waals surface area contributed by atoms with Crippen molar-refractivity contribution >= 4 is 52.5 Å². The Balaban J connectivity index is 1.85. The van der Waals surface area contributed by atoms with Crippen molar-refractivity contribution in [3.63, 3.8) is 0 Å². The lowest BCUT2D eigenvalue weighted by molar-refractivity contribution is -0.112. The van der Waals surface area contributed by atoms with Crippen molar-refractivity contribution in [2.24, 2.45) is 0 Å². The molecule has 0 saturated heterocycles. The summed E-state index contributed by atoms with van der Waals surface area (Å²) >= 11 is 18.4. The SMILES string of the molecule is COc1cc(/C=C(/C#N)C(=O)Nc2cccc(Cl)c2Cl)cc(Cl)c1OCc1ccccc1F. The Morgan fingerprint density at radius 1 is 1.12 bits per heavy atom. The van der Waals surface area contributed by atoms with Crippen molar-refractivity contribution in [3.05, 3.63) is 92.2 Å². The number of methoxy groups -OCH3 is 1. The number of nitrogens with zero attached hydrogens (tertiary/aromatic N) is 1. The van der Waals surface area contributed by atoms with Gasteiger partial charge in [0.2, 0.25) is 0 Å². The van der Waals surface area contributed by atoms with Crippen molar-refractivity contribution in [2.75, 3.05) is 12.4 Å². The third-order valence-corrected chi connectivity index (χ3v) is 5.56. The van der Waals surface area contributed by atoms with E-state index in [-0.39, 0.29) is 44.4 Å². The normalized spacial score (nSPS) is 11.0. The standard InChI is InChI=1S/C24H16Cl3FN2O3/c1-32-21-11-14(10-18(26)23(21)33-13-15-5-2-3-7-19(15)28)9-16(12-29)24(31)30-20-8-4-6-17(25)22(20)27/h2-11H,13H2,1H3,(H,30,31)/b16-9-. The Labute approximate surface area is 204 Å². The highest BCUT2D eigenvalue weighted by atomic mass is 35.5. The zero-order valence-corrected chi connectivity index (χ0v) is 19.4. The summed E-state index contributed by atoms with van der Waals surface area (Å²) in [7, 11) is 1.41. The number of nitrogens with one attached hydrogen (secondary N) is 1. The van der Waals surface area contributed by atoms with Gasteiger partial charge in [0.1, 0.15) is 24.1 Å². The van der Waals surface area contributed by atoms with Crippen molar-refractivity contribution in [3.8, 4) is 17.6 Å². The average molecular weight is 506 g/mol. The first-order valence-corrected chi connectivity index (χ1v) is 10.6. The highest BCUT2D eigenvalue weighted by Gasteiger charge is 2.16. The third-order valence-electron chi connectivity index (χ3n) is 4.46. The van der Waals surface area contributed by atoms with Gasteiger partial charge < -0.3 is 14.8 Å². The van der Waals surface area contributed by atoms with Crippen molar-refractivity contribution < 1.29 is 18.7 Å². The summed E-state index contributed by atoms with van der Waals surface area (Å²) in [6, 6.07) is 15.8. The van der Waals surface area contributed by atoms with Crippen LogP contribution < -0.4 is 14.8 Å². The molecule has 0 radical (unpaired) electrons. The highest BCUT2D eigenvalue weighted by molar-refractivity contribution is 6.44. The second-order valence-electron chi connectivity index (χ2n) is 6.64. The predicted molar refractivity (Wildman–Crippen MR) is 127 cm³/mol. The van der Waals surface area contributed by atoms with Crippen LogP contribution in [-0.2, 0) is 11.4 Å². The van der Waals surface area contributed by atoms with Gasteiger partial charge in [0.15, 0.2) is 11.5 Å². The van der Waals surface area contributed by atoms with Crippen LogP contribution in [0.1, 0.15) is 11.1 Å². The fourth-order valence-corrected chi connectivity index (χ4v) is 3.46. The molecular formula is C24H16Cl3FN2O3. The first-order chi connectivity index (χ1) is 15.8. The van der Waals surface area contributed by atoms with Crippen LogP contribution in [0, 0.1) is 17.1 Å². The smallest absolute Gasteiger partial charge is 0.266 e. The summed E-state index contributed by atoms with van der Waals surface area (Å²) in [5, 5.41) is 12.6. The molecule has 1 N–H and O–H groups in total. The lowest BCUT2D eigenvalue weighted by atomic mass is 10.1. The van der Waals surface area contributed by atoms with Gasteiger partial charge >= 0.3 is 0 Å². The Bertz CT molecular complexity index is 1270. The molecule has 5 nitrogen and oxygen atoms in total. The molecule has 0 atom stereocenters. The van der Waals surface area contributed by atoms with Gasteiger partial charge in [-0.2, -0.15) is 5.26 Å². The monoisotopic (exact) mass is 504 g/mol. The number of hydrogen-bond donors (Lipinski definition) is 1. The van der Waals surface area contributed by atoms with Gasteiger partial charge in [-0.1, -0.05) is 59.1 Å². The number of halogens is 4. The van der Waals surface area contributed by atoms with Gasteiger partial charge in [-0.3, -0.25) is 4.79 Å². The molecule has 3 aromatic carbocycles. The Hall–Kier alpha value is -3.24. The van der Waals surface area contributed by atoms with E-state index < -0.39 is 11.7 Å². The molecule has 0 aliphatic carbocycles. The molecule has 0 saturated carbocycles. The van der Waals surface area contributed by atoms with E-state index in [0.717, 1.165) is 0 Å². The Morgan fingerprint density at radius 3 is 2.58 bits per heavy atom. The van der Waals surface area contributed by atoms with Gasteiger partial charge in [-0.25, -0.2) is 4.39 Å². The number of carbonyl (C=O) groups is 1. The van der Waals surface area contributed by atoms with Crippen LogP contribution >= 0.6 is 34.8 Å². The second kappa shape index (κ2) is 11.1. The summed E-state index contributed by atoms with van der Waals surface area (Å²) in [6.07, 6.45) is 1.34. The van der Waals surface area contributed by atoms with E-state index in [4.69, 9.17) is 44.3 Å². The first kappa shape index (κ1) is 24.4. The van der Waals surface area contributed by atoms with Crippen LogP contribution in [0.25, 0.3) is 6.08 Å². The molecule has 0 heterocycles. The van der Waals surface area contributed by atoms with E-state index >= 15 is 0 Å². The molecule has 0 aromatic heterocycles. The molecule has 168 valence electrons. The maximum Gasteiger partial charge on any atom is 0.266 e. The van der Waals surface area contributed by atoms with E-state index in [0.29, 0.717) is 11.1 Å². The molecule has 3 aromatic rings. The van der Waals surface area contributed by atoms with E-state index in [1.165, 1.54) is 25.3 Å². The second-order valence-corrected chi connectivity index (χ2v) is 7.83. The third kappa shape index (κ3) is 5.96. The summed E-state index contributed by atoms with van der Waals surface area (Å²) in [5.74, 6) is -0.637. The van der Waals surface area contributed by atoms with Crippen molar-refractivity contribution in [2.45, 2.75) is 6.61 Å². The number of anilines is 1. The van der Waals surface area contributed by atoms with Crippen LogP contribution in [0.4, 0.5) is 10.1 Å². The summed E-state index contributed by atoms with van der Waals surface area (Å²) in [4.78, 5) is 12.6. The van der Waals surface area contributed by atoms with Crippen LogP contribution in [0.5, 0.6) is 11.5 Å². The summed E-state index contributed by atoms with van der Waals surface area (Å²) < 4.78 is 24.9. The van der Waals surface area contributed by atoms with Crippen LogP contribution in [0.15, 0.2) is 60.2 Å². The number of benzene rings is 3. The molecule has 0 unspecified atom stereocenters. The van der Waals surface area contributed by atoms with Gasteiger partial charge in [-0.15, -0.1) is 0 Å². The quantitative estimate of drug-likeness (QED) is 0.279. The number of rotatable bonds is 7. The highest BCUT2D eigenvalue weighted by Crippen LogP contribution is 2.38. The predicted octanol–water partition coefficient (Wildman–Crippen LogP) is 6.92. The van der Waals surface area contributed by atoms with E-state index in [1.54, 1.807) is 42.5 Å². The Morgan fingerprint density at radius 2 is 1.88 bits per heavy atom. The Kier molecular flexibility index (Phi) is 8.18. The molecule has 33 heavy (non-hydrogen) atoms. The molecule has 1 amide bonds. The lowest BCUT2D eigenvalue weighted by Crippen LogP contribution is -2.13. The topological polar surface area (TPSA) is 71.3 Å². The maximum absolute atomic E-state index is 13.9.